The highest BCUT2D eigenvalue weighted by Gasteiger charge is 2.20. The number of rotatable bonds is 9. The molecule has 0 saturated heterocycles. The van der Waals surface area contributed by atoms with Crippen molar-refractivity contribution >= 4 is 5.96 Å². The van der Waals surface area contributed by atoms with Gasteiger partial charge in [-0.3, -0.25) is 4.99 Å². The zero-order valence-corrected chi connectivity index (χ0v) is 14.4. The molecule has 0 aromatic carbocycles. The summed E-state index contributed by atoms with van der Waals surface area (Å²) in [5.74, 6) is 1.53. The standard InChI is InChI=1S/C15H34N4O/c1-13(2)8-10-20-11-9-17-14(16-5)18-12-15(3,4)19(6)7/h13H,8-12H2,1-7H3,(H2,16,17,18). The first-order chi connectivity index (χ1) is 9.29. The van der Waals surface area contributed by atoms with E-state index in [1.54, 1.807) is 7.05 Å². The molecule has 2 N–H and O–H groups in total. The Labute approximate surface area is 125 Å². The zero-order valence-electron chi connectivity index (χ0n) is 14.4. The van der Waals surface area contributed by atoms with E-state index < -0.39 is 0 Å². The van der Waals surface area contributed by atoms with Crippen molar-refractivity contribution in [2.45, 2.75) is 39.7 Å². The van der Waals surface area contributed by atoms with Gasteiger partial charge in [-0.25, -0.2) is 0 Å². The van der Waals surface area contributed by atoms with Crippen molar-refractivity contribution in [3.63, 3.8) is 0 Å². The van der Waals surface area contributed by atoms with E-state index in [1.165, 1.54) is 0 Å². The number of hydrogen-bond acceptors (Lipinski definition) is 3. The molecule has 120 valence electrons. The lowest BCUT2D eigenvalue weighted by Gasteiger charge is -2.33. The third kappa shape index (κ3) is 9.15. The molecule has 0 saturated carbocycles. The van der Waals surface area contributed by atoms with Gasteiger partial charge in [0, 0.05) is 32.3 Å². The van der Waals surface area contributed by atoms with Crippen LogP contribution in [0.4, 0.5) is 0 Å². The fraction of sp³-hybridized carbons (Fsp3) is 0.933. The third-order valence-corrected chi connectivity index (χ3v) is 3.50. The van der Waals surface area contributed by atoms with Crippen molar-refractivity contribution in [2.75, 3.05) is 47.4 Å². The van der Waals surface area contributed by atoms with Crippen molar-refractivity contribution in [1.29, 1.82) is 0 Å². The van der Waals surface area contributed by atoms with Gasteiger partial charge in [0.05, 0.1) is 6.61 Å². The molecule has 5 heteroatoms. The van der Waals surface area contributed by atoms with Crippen LogP contribution in [0.25, 0.3) is 0 Å². The van der Waals surface area contributed by atoms with Crippen LogP contribution >= 0.6 is 0 Å². The van der Waals surface area contributed by atoms with Gasteiger partial charge >= 0.3 is 0 Å². The van der Waals surface area contributed by atoms with E-state index in [9.17, 15) is 0 Å². The molecule has 0 heterocycles. The van der Waals surface area contributed by atoms with Crippen LogP contribution in [0.1, 0.15) is 34.1 Å². The van der Waals surface area contributed by atoms with E-state index in [1.807, 2.05) is 0 Å². The molecule has 0 aliphatic carbocycles. The molecule has 0 spiro atoms. The quantitative estimate of drug-likeness (QED) is 0.384. The second kappa shape index (κ2) is 10.00. The first-order valence-electron chi connectivity index (χ1n) is 7.49. The molecule has 0 aliphatic heterocycles. The summed E-state index contributed by atoms with van der Waals surface area (Å²) in [7, 11) is 5.96. The highest BCUT2D eigenvalue weighted by atomic mass is 16.5. The van der Waals surface area contributed by atoms with Crippen LogP contribution in [0.3, 0.4) is 0 Å². The number of ether oxygens (including phenoxy) is 1. The van der Waals surface area contributed by atoms with Crippen LogP contribution in [0.15, 0.2) is 4.99 Å². The number of guanidine groups is 1. The van der Waals surface area contributed by atoms with Crippen LogP contribution in [-0.2, 0) is 4.74 Å². The molecule has 5 nitrogen and oxygen atoms in total. The first-order valence-corrected chi connectivity index (χ1v) is 7.49. The third-order valence-electron chi connectivity index (χ3n) is 3.50. The molecule has 0 aromatic rings. The Morgan fingerprint density at radius 2 is 1.85 bits per heavy atom. The Kier molecular flexibility index (Phi) is 9.59. The van der Waals surface area contributed by atoms with Gasteiger partial charge in [-0.15, -0.1) is 0 Å². The van der Waals surface area contributed by atoms with Crippen LogP contribution in [-0.4, -0.2) is 63.8 Å². The van der Waals surface area contributed by atoms with Crippen molar-refractivity contribution in [1.82, 2.24) is 15.5 Å². The molecule has 0 unspecified atom stereocenters. The summed E-state index contributed by atoms with van der Waals surface area (Å²) in [6.45, 7) is 12.0. The van der Waals surface area contributed by atoms with Gasteiger partial charge in [-0.2, -0.15) is 0 Å². The lowest BCUT2D eigenvalue weighted by atomic mass is 10.0. The van der Waals surface area contributed by atoms with Gasteiger partial charge in [-0.05, 0) is 40.3 Å². The summed E-state index contributed by atoms with van der Waals surface area (Å²) in [6.07, 6.45) is 1.12. The largest absolute Gasteiger partial charge is 0.380 e. The van der Waals surface area contributed by atoms with E-state index in [0.717, 1.165) is 32.1 Å². The maximum absolute atomic E-state index is 5.57. The predicted molar refractivity (Wildman–Crippen MR) is 87.4 cm³/mol. The maximum Gasteiger partial charge on any atom is 0.191 e. The summed E-state index contributed by atoms with van der Waals surface area (Å²) < 4.78 is 5.57. The average Bonchev–Trinajstić information content (AvgIpc) is 2.36. The predicted octanol–water partition coefficient (Wildman–Crippen LogP) is 1.55. The van der Waals surface area contributed by atoms with Gasteiger partial charge in [0.1, 0.15) is 0 Å². The summed E-state index contributed by atoms with van der Waals surface area (Å²) in [6, 6.07) is 0. The SMILES string of the molecule is CN=C(NCCOCCC(C)C)NCC(C)(C)N(C)C. The fourth-order valence-electron chi connectivity index (χ4n) is 1.34. The van der Waals surface area contributed by atoms with Gasteiger partial charge in [0.25, 0.3) is 0 Å². The molecule has 20 heavy (non-hydrogen) atoms. The smallest absolute Gasteiger partial charge is 0.191 e. The number of likely N-dealkylation sites (N-methyl/N-ethyl adjacent to an activating group) is 1. The lowest BCUT2D eigenvalue weighted by molar-refractivity contribution is 0.128. The van der Waals surface area contributed by atoms with Gasteiger partial charge in [0.15, 0.2) is 5.96 Å². The minimum absolute atomic E-state index is 0.0887. The highest BCUT2D eigenvalue weighted by molar-refractivity contribution is 5.79. The Morgan fingerprint density at radius 3 is 2.35 bits per heavy atom. The summed E-state index contributed by atoms with van der Waals surface area (Å²) in [5, 5.41) is 6.61. The summed E-state index contributed by atoms with van der Waals surface area (Å²) in [5.41, 5.74) is 0.0887. The number of aliphatic imine (C=N–C) groups is 1. The zero-order chi connectivity index (χ0) is 15.6. The molecule has 0 rings (SSSR count). The minimum atomic E-state index is 0.0887. The normalized spacial score (nSPS) is 13.2. The van der Waals surface area contributed by atoms with Crippen LogP contribution < -0.4 is 10.6 Å². The Bertz CT molecular complexity index is 275. The van der Waals surface area contributed by atoms with Crippen LogP contribution in [0, 0.1) is 5.92 Å². The van der Waals surface area contributed by atoms with Gasteiger partial charge < -0.3 is 20.3 Å². The molecule has 0 aromatic heterocycles. The molecular formula is C15H34N4O. The Hall–Kier alpha value is -0.810. The van der Waals surface area contributed by atoms with Crippen molar-refractivity contribution in [2.24, 2.45) is 10.9 Å². The maximum atomic E-state index is 5.57. The second-order valence-corrected chi connectivity index (χ2v) is 6.35. The average molecular weight is 286 g/mol. The monoisotopic (exact) mass is 286 g/mol. The number of nitrogens with zero attached hydrogens (tertiary/aromatic N) is 2. The van der Waals surface area contributed by atoms with E-state index in [-0.39, 0.29) is 5.54 Å². The number of nitrogens with one attached hydrogen (secondary N) is 2. The molecule has 0 fully saturated rings. The second-order valence-electron chi connectivity index (χ2n) is 6.35. The van der Waals surface area contributed by atoms with Gasteiger partial charge in [0.2, 0.25) is 0 Å². The molecular weight excluding hydrogens is 252 g/mol. The number of hydrogen-bond donors (Lipinski definition) is 2. The van der Waals surface area contributed by atoms with Crippen molar-refractivity contribution in [3.05, 3.63) is 0 Å². The summed E-state index contributed by atoms with van der Waals surface area (Å²) >= 11 is 0. The van der Waals surface area contributed by atoms with Crippen LogP contribution in [0.5, 0.6) is 0 Å². The molecule has 0 radical (unpaired) electrons. The van der Waals surface area contributed by atoms with Crippen LogP contribution in [0.2, 0.25) is 0 Å². The van der Waals surface area contributed by atoms with E-state index >= 15 is 0 Å². The molecule has 0 bridgehead atoms. The Balaban J connectivity index is 3.79. The topological polar surface area (TPSA) is 48.9 Å². The van der Waals surface area contributed by atoms with Gasteiger partial charge in [-0.1, -0.05) is 13.8 Å². The highest BCUT2D eigenvalue weighted by Crippen LogP contribution is 2.07. The van der Waals surface area contributed by atoms with Crippen molar-refractivity contribution < 1.29 is 4.74 Å². The van der Waals surface area contributed by atoms with E-state index in [4.69, 9.17) is 4.74 Å². The molecule has 0 aliphatic rings. The fourth-order valence-corrected chi connectivity index (χ4v) is 1.34. The minimum Gasteiger partial charge on any atom is -0.380 e. The lowest BCUT2D eigenvalue weighted by Crippen LogP contribution is -2.51. The molecule has 0 amide bonds. The van der Waals surface area contributed by atoms with E-state index in [2.05, 4.69) is 62.3 Å². The molecule has 0 atom stereocenters. The Morgan fingerprint density at radius 1 is 1.20 bits per heavy atom. The van der Waals surface area contributed by atoms with E-state index in [0.29, 0.717) is 12.5 Å². The van der Waals surface area contributed by atoms with Crippen molar-refractivity contribution in [3.8, 4) is 0 Å². The first kappa shape index (κ1) is 19.2. The summed E-state index contributed by atoms with van der Waals surface area (Å²) in [4.78, 5) is 6.41.